The predicted octanol–water partition coefficient (Wildman–Crippen LogP) is 2.59. The first-order valence-corrected chi connectivity index (χ1v) is 9.43. The van der Waals surface area contributed by atoms with Crippen LogP contribution in [0.25, 0.3) is 11.6 Å². The van der Waals surface area contributed by atoms with Gasteiger partial charge in [0.25, 0.3) is 0 Å². The zero-order valence-electron chi connectivity index (χ0n) is 15.3. The molecule has 144 valence electrons. The van der Waals surface area contributed by atoms with Crippen molar-refractivity contribution in [3.63, 3.8) is 0 Å². The molecule has 3 unspecified atom stereocenters. The molecule has 2 aromatic heterocycles. The zero-order chi connectivity index (χ0) is 18.8. The third-order valence-electron chi connectivity index (χ3n) is 5.61. The molecule has 8 heteroatoms. The van der Waals surface area contributed by atoms with E-state index in [0.29, 0.717) is 36.2 Å². The highest BCUT2D eigenvalue weighted by Gasteiger charge is 2.47. The van der Waals surface area contributed by atoms with Crippen molar-refractivity contribution in [1.29, 1.82) is 0 Å². The Kier molecular flexibility index (Phi) is 4.96. The maximum Gasteiger partial charge on any atom is 0.328 e. The topological polar surface area (TPSA) is 98.7 Å². The monoisotopic (exact) mass is 373 g/mol. The van der Waals surface area contributed by atoms with E-state index in [-0.39, 0.29) is 24.3 Å². The summed E-state index contributed by atoms with van der Waals surface area (Å²) in [5, 5.41) is 3.88. The quantitative estimate of drug-likeness (QED) is 0.743. The van der Waals surface area contributed by atoms with Crippen LogP contribution in [0, 0.1) is 5.92 Å². The van der Waals surface area contributed by atoms with Gasteiger partial charge in [-0.3, -0.25) is 4.79 Å². The van der Waals surface area contributed by atoms with Gasteiger partial charge in [0.15, 0.2) is 5.76 Å². The molecular formula is C19H23N3O5. The molecule has 27 heavy (non-hydrogen) atoms. The van der Waals surface area contributed by atoms with Gasteiger partial charge in [0, 0.05) is 18.9 Å². The van der Waals surface area contributed by atoms with E-state index >= 15 is 0 Å². The van der Waals surface area contributed by atoms with E-state index < -0.39 is 6.04 Å². The second kappa shape index (κ2) is 7.54. The molecule has 1 amide bonds. The predicted molar refractivity (Wildman–Crippen MR) is 93.3 cm³/mol. The number of ether oxygens (including phenoxy) is 1. The summed E-state index contributed by atoms with van der Waals surface area (Å²) >= 11 is 0. The highest BCUT2D eigenvalue weighted by molar-refractivity contribution is 5.85. The number of rotatable bonds is 5. The number of hydrogen-bond acceptors (Lipinski definition) is 7. The number of carbonyl (C=O) groups is 2. The summed E-state index contributed by atoms with van der Waals surface area (Å²) < 4.78 is 15.4. The minimum atomic E-state index is -0.475. The standard InChI is InChI=1S/C19H23N3O5/c1-25-19(24)14-11-12-5-2-3-6-13(12)22(14)17(23)9-8-16-20-18(21-27-16)15-7-4-10-26-15/h4,7,10,12-14H,2-3,5-6,8-9,11H2,1H3. The van der Waals surface area contributed by atoms with E-state index in [1.165, 1.54) is 13.4 Å². The maximum absolute atomic E-state index is 12.9. The minimum absolute atomic E-state index is 0.0578. The van der Waals surface area contributed by atoms with Gasteiger partial charge in [-0.15, -0.1) is 0 Å². The van der Waals surface area contributed by atoms with Crippen LogP contribution in [-0.2, 0) is 20.7 Å². The Morgan fingerprint density at radius 3 is 2.96 bits per heavy atom. The highest BCUT2D eigenvalue weighted by Crippen LogP contribution is 2.40. The Morgan fingerprint density at radius 1 is 1.33 bits per heavy atom. The normalized spacial score (nSPS) is 24.6. The van der Waals surface area contributed by atoms with Crippen molar-refractivity contribution in [1.82, 2.24) is 15.0 Å². The number of esters is 1. The minimum Gasteiger partial charge on any atom is -0.467 e. The van der Waals surface area contributed by atoms with E-state index in [1.807, 2.05) is 0 Å². The van der Waals surface area contributed by atoms with Crippen molar-refractivity contribution in [2.75, 3.05) is 7.11 Å². The van der Waals surface area contributed by atoms with E-state index in [4.69, 9.17) is 13.7 Å². The maximum atomic E-state index is 12.9. The number of fused-ring (bicyclic) bond motifs is 1. The number of aromatic nitrogens is 2. The smallest absolute Gasteiger partial charge is 0.328 e. The molecule has 2 aliphatic rings. The lowest BCUT2D eigenvalue weighted by Gasteiger charge is -2.33. The van der Waals surface area contributed by atoms with E-state index in [1.54, 1.807) is 17.0 Å². The number of nitrogens with zero attached hydrogens (tertiary/aromatic N) is 3. The number of aryl methyl sites for hydroxylation is 1. The van der Waals surface area contributed by atoms with Crippen LogP contribution in [0.2, 0.25) is 0 Å². The number of hydrogen-bond donors (Lipinski definition) is 0. The summed E-state index contributed by atoms with van der Waals surface area (Å²) in [7, 11) is 1.38. The van der Waals surface area contributed by atoms with Crippen LogP contribution >= 0.6 is 0 Å². The molecule has 8 nitrogen and oxygen atoms in total. The second-order valence-electron chi connectivity index (χ2n) is 7.18. The summed E-state index contributed by atoms with van der Waals surface area (Å²) in [4.78, 5) is 31.2. The Hall–Kier alpha value is -2.64. The lowest BCUT2D eigenvalue weighted by Crippen LogP contribution is -2.46. The third-order valence-corrected chi connectivity index (χ3v) is 5.61. The van der Waals surface area contributed by atoms with Gasteiger partial charge in [-0.25, -0.2) is 4.79 Å². The number of methoxy groups -OCH3 is 1. The van der Waals surface area contributed by atoms with E-state index in [2.05, 4.69) is 10.1 Å². The van der Waals surface area contributed by atoms with Crippen LogP contribution in [0.5, 0.6) is 0 Å². The van der Waals surface area contributed by atoms with Gasteiger partial charge >= 0.3 is 5.97 Å². The number of amides is 1. The molecule has 0 N–H and O–H groups in total. The van der Waals surface area contributed by atoms with Crippen molar-refractivity contribution in [2.45, 2.75) is 57.0 Å². The highest BCUT2D eigenvalue weighted by atomic mass is 16.5. The molecule has 1 saturated heterocycles. The number of furan rings is 1. The summed E-state index contributed by atoms with van der Waals surface area (Å²) in [6.07, 6.45) is 7.06. The molecule has 0 radical (unpaired) electrons. The van der Waals surface area contributed by atoms with Crippen LogP contribution in [0.1, 0.15) is 44.4 Å². The van der Waals surface area contributed by atoms with Crippen molar-refractivity contribution in [2.24, 2.45) is 5.92 Å². The van der Waals surface area contributed by atoms with Crippen LogP contribution in [0.3, 0.4) is 0 Å². The fraction of sp³-hybridized carbons (Fsp3) is 0.579. The first-order chi connectivity index (χ1) is 13.2. The second-order valence-corrected chi connectivity index (χ2v) is 7.18. The summed E-state index contributed by atoms with van der Waals surface area (Å²) in [6, 6.07) is 3.15. The van der Waals surface area contributed by atoms with Gasteiger partial charge < -0.3 is 18.6 Å². The molecule has 1 aliphatic carbocycles. The van der Waals surface area contributed by atoms with Gasteiger partial charge in [0.2, 0.25) is 17.6 Å². The van der Waals surface area contributed by atoms with Gasteiger partial charge in [0.1, 0.15) is 6.04 Å². The molecule has 3 heterocycles. The molecule has 2 aromatic rings. The molecule has 1 aliphatic heterocycles. The molecule has 0 aromatic carbocycles. The summed E-state index contributed by atoms with van der Waals surface area (Å²) in [6.45, 7) is 0. The molecule has 2 fully saturated rings. The lowest BCUT2D eigenvalue weighted by molar-refractivity contribution is -0.152. The SMILES string of the molecule is COC(=O)C1CC2CCCCC2N1C(=O)CCc1nc(-c2ccco2)no1. The van der Waals surface area contributed by atoms with Gasteiger partial charge in [-0.1, -0.05) is 18.0 Å². The van der Waals surface area contributed by atoms with Crippen molar-refractivity contribution in [3.8, 4) is 11.6 Å². The van der Waals surface area contributed by atoms with E-state index in [9.17, 15) is 9.59 Å². The van der Waals surface area contributed by atoms with Crippen LogP contribution < -0.4 is 0 Å². The van der Waals surface area contributed by atoms with Gasteiger partial charge in [-0.2, -0.15) is 4.98 Å². The molecule has 0 bridgehead atoms. The van der Waals surface area contributed by atoms with Crippen LogP contribution in [-0.4, -0.2) is 46.1 Å². The lowest BCUT2D eigenvalue weighted by atomic mass is 9.84. The van der Waals surface area contributed by atoms with Gasteiger partial charge in [-0.05, 0) is 37.3 Å². The zero-order valence-corrected chi connectivity index (χ0v) is 15.3. The Labute approximate surface area is 156 Å². The summed E-state index contributed by atoms with van der Waals surface area (Å²) in [5.74, 6) is 1.27. The first-order valence-electron chi connectivity index (χ1n) is 9.43. The van der Waals surface area contributed by atoms with Gasteiger partial charge in [0.05, 0.1) is 13.4 Å². The van der Waals surface area contributed by atoms with Crippen LogP contribution in [0.15, 0.2) is 27.3 Å². The van der Waals surface area contributed by atoms with Crippen LogP contribution in [0.4, 0.5) is 0 Å². The van der Waals surface area contributed by atoms with E-state index in [0.717, 1.165) is 25.7 Å². The molecule has 3 atom stereocenters. The number of carbonyl (C=O) groups excluding carboxylic acids is 2. The number of likely N-dealkylation sites (tertiary alicyclic amines) is 1. The Bertz CT molecular complexity index is 800. The average Bonchev–Trinajstić information content (AvgIpc) is 3.44. The Morgan fingerprint density at radius 2 is 2.19 bits per heavy atom. The third kappa shape index (κ3) is 3.48. The van der Waals surface area contributed by atoms with Crippen molar-refractivity contribution < 1.29 is 23.3 Å². The largest absolute Gasteiger partial charge is 0.467 e. The Balaban J connectivity index is 1.43. The fourth-order valence-electron chi connectivity index (χ4n) is 4.37. The molecule has 4 rings (SSSR count). The summed E-state index contributed by atoms with van der Waals surface area (Å²) in [5.41, 5.74) is 0. The van der Waals surface area contributed by atoms with Crippen molar-refractivity contribution in [3.05, 3.63) is 24.3 Å². The first kappa shape index (κ1) is 17.8. The van der Waals surface area contributed by atoms with Crippen molar-refractivity contribution >= 4 is 11.9 Å². The molecule has 0 spiro atoms. The molecular weight excluding hydrogens is 350 g/mol. The molecule has 1 saturated carbocycles. The fourth-order valence-corrected chi connectivity index (χ4v) is 4.37. The average molecular weight is 373 g/mol.